The van der Waals surface area contributed by atoms with Crippen molar-refractivity contribution in [1.29, 1.82) is 0 Å². The molecule has 0 bridgehead atoms. The van der Waals surface area contributed by atoms with Gasteiger partial charge in [-0.3, -0.25) is 5.10 Å². The molecule has 0 fully saturated rings. The second kappa shape index (κ2) is 4.99. The second-order valence-corrected chi connectivity index (χ2v) is 5.28. The summed E-state index contributed by atoms with van der Waals surface area (Å²) in [5.74, 6) is 0. The van der Waals surface area contributed by atoms with Crippen molar-refractivity contribution in [2.45, 2.75) is 23.0 Å². The highest BCUT2D eigenvalue weighted by atomic mass is 79.9. The summed E-state index contributed by atoms with van der Waals surface area (Å²) in [7, 11) is 0. The number of hydrogen-bond donors (Lipinski definition) is 2. The maximum Gasteiger partial charge on any atom is 0.188 e. The first-order valence-corrected chi connectivity index (χ1v) is 6.36. The van der Waals surface area contributed by atoms with Crippen molar-refractivity contribution in [2.24, 2.45) is 5.73 Å². The minimum Gasteiger partial charge on any atom is -0.324 e. The van der Waals surface area contributed by atoms with Crippen molar-refractivity contribution in [3.63, 3.8) is 0 Å². The third-order valence-corrected chi connectivity index (χ3v) is 3.64. The molecule has 1 atom stereocenters. The van der Waals surface area contributed by atoms with Crippen LogP contribution in [0, 0.1) is 0 Å². The highest BCUT2D eigenvalue weighted by molar-refractivity contribution is 9.10. The Morgan fingerprint density at radius 3 is 2.88 bits per heavy atom. The number of rotatable bonds is 3. The lowest BCUT2D eigenvalue weighted by Crippen LogP contribution is -2.05. The maximum absolute atomic E-state index is 5.84. The summed E-state index contributed by atoms with van der Waals surface area (Å²) in [6.07, 6.45) is 1.49. The fourth-order valence-electron chi connectivity index (χ4n) is 1.30. The topological polar surface area (TPSA) is 67.6 Å². The summed E-state index contributed by atoms with van der Waals surface area (Å²) >= 11 is 5.04. The van der Waals surface area contributed by atoms with E-state index in [1.165, 1.54) is 18.1 Å². The largest absolute Gasteiger partial charge is 0.324 e. The van der Waals surface area contributed by atoms with E-state index in [-0.39, 0.29) is 6.04 Å². The monoisotopic (exact) mass is 298 g/mol. The summed E-state index contributed by atoms with van der Waals surface area (Å²) < 4.78 is 1.02. The molecule has 3 N–H and O–H groups in total. The van der Waals surface area contributed by atoms with Crippen LogP contribution in [-0.4, -0.2) is 15.2 Å². The zero-order chi connectivity index (χ0) is 11.5. The second-order valence-electron chi connectivity index (χ2n) is 3.36. The molecule has 0 saturated heterocycles. The van der Waals surface area contributed by atoms with Crippen molar-refractivity contribution in [1.82, 2.24) is 15.2 Å². The summed E-state index contributed by atoms with van der Waals surface area (Å²) in [5, 5.41) is 7.38. The van der Waals surface area contributed by atoms with E-state index >= 15 is 0 Å². The van der Waals surface area contributed by atoms with E-state index in [0.29, 0.717) is 0 Å². The molecule has 84 valence electrons. The number of hydrogen-bond acceptors (Lipinski definition) is 4. The maximum atomic E-state index is 5.84. The van der Waals surface area contributed by atoms with E-state index in [1.807, 2.05) is 25.1 Å². The first-order chi connectivity index (χ1) is 7.66. The predicted octanol–water partition coefficient (Wildman–Crippen LogP) is 2.74. The smallest absolute Gasteiger partial charge is 0.188 e. The quantitative estimate of drug-likeness (QED) is 0.914. The Morgan fingerprint density at radius 1 is 1.50 bits per heavy atom. The van der Waals surface area contributed by atoms with Gasteiger partial charge < -0.3 is 5.73 Å². The first kappa shape index (κ1) is 11.6. The van der Waals surface area contributed by atoms with Crippen LogP contribution in [0.5, 0.6) is 0 Å². The van der Waals surface area contributed by atoms with E-state index in [9.17, 15) is 0 Å². The van der Waals surface area contributed by atoms with Crippen LogP contribution in [0.25, 0.3) is 0 Å². The highest BCUT2D eigenvalue weighted by Crippen LogP contribution is 2.30. The van der Waals surface area contributed by atoms with Crippen molar-refractivity contribution < 1.29 is 0 Å². The van der Waals surface area contributed by atoms with Gasteiger partial charge in [-0.1, -0.05) is 33.8 Å². The number of aromatic nitrogens is 3. The van der Waals surface area contributed by atoms with E-state index in [1.54, 1.807) is 0 Å². The highest BCUT2D eigenvalue weighted by Gasteiger charge is 2.07. The molecule has 2 aromatic rings. The van der Waals surface area contributed by atoms with Gasteiger partial charge in [-0.2, -0.15) is 5.10 Å². The van der Waals surface area contributed by atoms with Crippen LogP contribution in [0.2, 0.25) is 0 Å². The fourth-order valence-corrected chi connectivity index (χ4v) is 2.92. The Morgan fingerprint density at radius 2 is 2.31 bits per heavy atom. The SMILES string of the molecule is C[C@@H](N)c1ccc(Sc2ncn[nH]2)cc1Br. The summed E-state index contributed by atoms with van der Waals surface area (Å²) in [5.41, 5.74) is 6.93. The normalized spacial score (nSPS) is 12.7. The average molecular weight is 299 g/mol. The third-order valence-electron chi connectivity index (χ3n) is 2.07. The van der Waals surface area contributed by atoms with Crippen LogP contribution < -0.4 is 5.73 Å². The predicted molar refractivity (Wildman–Crippen MR) is 67.3 cm³/mol. The zero-order valence-electron chi connectivity index (χ0n) is 8.64. The number of H-pyrrole nitrogens is 1. The standard InChI is InChI=1S/C10H11BrN4S/c1-6(12)8-3-2-7(4-9(8)11)16-10-13-5-14-15-10/h2-6H,12H2,1H3,(H,13,14,15)/t6-/m1/s1. The Labute approximate surface area is 106 Å². The van der Waals surface area contributed by atoms with Gasteiger partial charge in [0, 0.05) is 15.4 Å². The van der Waals surface area contributed by atoms with Crippen LogP contribution in [0.15, 0.2) is 39.1 Å². The number of halogens is 1. The fraction of sp³-hybridized carbons (Fsp3) is 0.200. The lowest BCUT2D eigenvalue weighted by Gasteiger charge is -2.09. The van der Waals surface area contributed by atoms with Crippen LogP contribution in [0.3, 0.4) is 0 Å². The summed E-state index contributed by atoms with van der Waals surface area (Å²) in [6.45, 7) is 1.96. The molecule has 0 aliphatic carbocycles. The number of benzene rings is 1. The van der Waals surface area contributed by atoms with E-state index in [0.717, 1.165) is 20.1 Å². The molecule has 1 aromatic carbocycles. The van der Waals surface area contributed by atoms with E-state index in [4.69, 9.17) is 5.73 Å². The molecule has 0 saturated carbocycles. The van der Waals surface area contributed by atoms with Gasteiger partial charge in [0.2, 0.25) is 0 Å². The van der Waals surface area contributed by atoms with Crippen molar-refractivity contribution in [3.05, 3.63) is 34.6 Å². The van der Waals surface area contributed by atoms with Crippen LogP contribution >= 0.6 is 27.7 Å². The van der Waals surface area contributed by atoms with Gasteiger partial charge >= 0.3 is 0 Å². The molecular formula is C10H11BrN4S. The van der Waals surface area contributed by atoms with Crippen LogP contribution in [0.1, 0.15) is 18.5 Å². The van der Waals surface area contributed by atoms with Crippen molar-refractivity contribution in [2.75, 3.05) is 0 Å². The van der Waals surface area contributed by atoms with Gasteiger partial charge in [-0.25, -0.2) is 4.98 Å². The molecule has 0 unspecified atom stereocenters. The molecule has 4 nitrogen and oxygen atoms in total. The Hall–Kier alpha value is -0.850. The van der Waals surface area contributed by atoms with Gasteiger partial charge in [0.25, 0.3) is 0 Å². The molecule has 0 radical (unpaired) electrons. The molecule has 0 amide bonds. The molecular weight excluding hydrogens is 288 g/mol. The molecule has 0 spiro atoms. The Kier molecular flexibility index (Phi) is 3.63. The number of nitrogens with two attached hydrogens (primary N) is 1. The lowest BCUT2D eigenvalue weighted by molar-refractivity contribution is 0.811. The van der Waals surface area contributed by atoms with Gasteiger partial charge in [0.1, 0.15) is 6.33 Å². The summed E-state index contributed by atoms with van der Waals surface area (Å²) in [6, 6.07) is 6.11. The van der Waals surface area contributed by atoms with Crippen molar-refractivity contribution >= 4 is 27.7 Å². The van der Waals surface area contributed by atoms with Gasteiger partial charge in [-0.15, -0.1) is 0 Å². The average Bonchev–Trinajstić information content (AvgIpc) is 2.70. The summed E-state index contributed by atoms with van der Waals surface area (Å²) in [4.78, 5) is 5.15. The zero-order valence-corrected chi connectivity index (χ0v) is 11.0. The molecule has 1 heterocycles. The van der Waals surface area contributed by atoms with Gasteiger partial charge in [-0.05, 0) is 24.6 Å². The van der Waals surface area contributed by atoms with Crippen LogP contribution in [-0.2, 0) is 0 Å². The van der Waals surface area contributed by atoms with Gasteiger partial charge in [0.05, 0.1) is 0 Å². The first-order valence-electron chi connectivity index (χ1n) is 4.75. The molecule has 0 aliphatic heterocycles. The molecule has 1 aromatic heterocycles. The number of aromatic amines is 1. The van der Waals surface area contributed by atoms with Crippen LogP contribution in [0.4, 0.5) is 0 Å². The van der Waals surface area contributed by atoms with E-state index < -0.39 is 0 Å². The number of nitrogens with one attached hydrogen (secondary N) is 1. The molecule has 6 heteroatoms. The third kappa shape index (κ3) is 2.63. The molecule has 0 aliphatic rings. The molecule has 16 heavy (non-hydrogen) atoms. The lowest BCUT2D eigenvalue weighted by atomic mass is 10.1. The molecule has 2 rings (SSSR count). The minimum absolute atomic E-state index is 0.0266. The minimum atomic E-state index is 0.0266. The number of nitrogens with zero attached hydrogens (tertiary/aromatic N) is 2. The Balaban J connectivity index is 2.21. The Bertz CT molecular complexity index is 470. The van der Waals surface area contributed by atoms with E-state index in [2.05, 4.69) is 31.1 Å². The van der Waals surface area contributed by atoms with Gasteiger partial charge in [0.15, 0.2) is 5.16 Å². The van der Waals surface area contributed by atoms with Crippen molar-refractivity contribution in [3.8, 4) is 0 Å².